The predicted octanol–water partition coefficient (Wildman–Crippen LogP) is 4.60. The number of unbranched alkanes of at least 4 members (excludes halogenated alkanes) is 8. The Hall–Kier alpha value is -1.08. The minimum Gasteiger partial charge on any atom is -0.342 e. The first kappa shape index (κ1) is 22.9. The van der Waals surface area contributed by atoms with Crippen LogP contribution in [0.4, 0.5) is 0 Å². The van der Waals surface area contributed by atoms with Gasteiger partial charge in [0.25, 0.3) is 0 Å². The van der Waals surface area contributed by atoms with Crippen molar-refractivity contribution in [2.24, 2.45) is 0 Å². The van der Waals surface area contributed by atoms with Gasteiger partial charge in [-0.1, -0.05) is 58.3 Å². The Morgan fingerprint density at radius 2 is 1.42 bits per heavy atom. The summed E-state index contributed by atoms with van der Waals surface area (Å²) in [6.45, 7) is 4.59. The van der Waals surface area contributed by atoms with Gasteiger partial charge in [-0.05, 0) is 33.5 Å². The summed E-state index contributed by atoms with van der Waals surface area (Å²) in [6, 6.07) is 2.15. The second-order valence-electron chi connectivity index (χ2n) is 7.02. The van der Waals surface area contributed by atoms with E-state index in [1.54, 1.807) is 0 Å². The summed E-state index contributed by atoms with van der Waals surface area (Å²) < 4.78 is 0. The van der Waals surface area contributed by atoms with Gasteiger partial charge in [0.15, 0.2) is 0 Å². The first-order valence-corrected chi connectivity index (χ1v) is 9.91. The van der Waals surface area contributed by atoms with Gasteiger partial charge >= 0.3 is 0 Å². The molecule has 1 amide bonds. The van der Waals surface area contributed by atoms with Gasteiger partial charge in [-0.3, -0.25) is 4.79 Å². The zero-order chi connectivity index (χ0) is 18.0. The first-order chi connectivity index (χ1) is 11.6. The van der Waals surface area contributed by atoms with Crippen molar-refractivity contribution in [3.63, 3.8) is 0 Å². The van der Waals surface area contributed by atoms with Gasteiger partial charge in [-0.25, -0.2) is 0 Å². The molecular weight excluding hydrogens is 298 g/mol. The van der Waals surface area contributed by atoms with Gasteiger partial charge in [0, 0.05) is 19.5 Å². The topological polar surface area (TPSA) is 47.3 Å². The molecule has 0 rings (SSSR count). The monoisotopic (exact) mass is 337 g/mol. The lowest BCUT2D eigenvalue weighted by atomic mass is 10.1. The van der Waals surface area contributed by atoms with Crippen molar-refractivity contribution in [3.05, 3.63) is 0 Å². The van der Waals surface area contributed by atoms with Crippen molar-refractivity contribution < 1.29 is 4.79 Å². The quantitative estimate of drug-likeness (QED) is 0.387. The van der Waals surface area contributed by atoms with Gasteiger partial charge in [-0.15, -0.1) is 0 Å². The van der Waals surface area contributed by atoms with Gasteiger partial charge in [0.05, 0.1) is 12.5 Å². The molecule has 140 valence electrons. The van der Waals surface area contributed by atoms with E-state index in [1.165, 1.54) is 44.9 Å². The molecule has 0 saturated carbocycles. The van der Waals surface area contributed by atoms with Crippen LogP contribution in [0.25, 0.3) is 0 Å². The number of hydrogen-bond donors (Lipinski definition) is 0. The highest BCUT2D eigenvalue weighted by Gasteiger charge is 2.12. The summed E-state index contributed by atoms with van der Waals surface area (Å²) in [4.78, 5) is 16.4. The molecule has 0 saturated heterocycles. The van der Waals surface area contributed by atoms with E-state index in [0.717, 1.165) is 32.4 Å². The molecule has 0 aromatic rings. The predicted molar refractivity (Wildman–Crippen MR) is 102 cm³/mol. The molecule has 0 atom stereocenters. The number of nitriles is 1. The van der Waals surface area contributed by atoms with Crippen molar-refractivity contribution in [3.8, 4) is 6.07 Å². The second-order valence-corrected chi connectivity index (χ2v) is 7.02. The maximum Gasteiger partial charge on any atom is 0.222 e. The Morgan fingerprint density at radius 1 is 0.833 bits per heavy atom. The average Bonchev–Trinajstić information content (AvgIpc) is 2.56. The molecule has 4 nitrogen and oxygen atoms in total. The molecule has 24 heavy (non-hydrogen) atoms. The zero-order valence-electron chi connectivity index (χ0n) is 16.4. The molecular formula is C20H39N3O. The van der Waals surface area contributed by atoms with Gasteiger partial charge in [0.2, 0.25) is 5.91 Å². The van der Waals surface area contributed by atoms with Crippen LogP contribution in [0.2, 0.25) is 0 Å². The Balaban J connectivity index is 3.78. The standard InChI is InChI=1S/C20H39N3O/c1-4-5-6-7-8-9-10-11-12-15-20(24)23(18-13-16-21)19-14-17-22(2)3/h4-15,17-19H2,1-3H3. The molecule has 0 unspecified atom stereocenters. The molecule has 4 heteroatoms. The number of hydrogen-bond acceptors (Lipinski definition) is 3. The lowest BCUT2D eigenvalue weighted by molar-refractivity contribution is -0.131. The Kier molecular flexibility index (Phi) is 16.0. The fourth-order valence-corrected chi connectivity index (χ4v) is 2.87. The van der Waals surface area contributed by atoms with Crippen LogP contribution in [-0.2, 0) is 4.79 Å². The third-order valence-corrected chi connectivity index (χ3v) is 4.37. The summed E-state index contributed by atoms with van der Waals surface area (Å²) >= 11 is 0. The highest BCUT2D eigenvalue weighted by atomic mass is 16.2. The molecule has 0 N–H and O–H groups in total. The SMILES string of the molecule is CCCCCCCCCCCC(=O)N(CCC#N)CCCN(C)C. The number of carbonyl (C=O) groups is 1. The highest BCUT2D eigenvalue weighted by molar-refractivity contribution is 5.76. The van der Waals surface area contributed by atoms with Gasteiger partial charge in [-0.2, -0.15) is 5.26 Å². The fourth-order valence-electron chi connectivity index (χ4n) is 2.87. The van der Waals surface area contributed by atoms with Crippen molar-refractivity contribution in [1.82, 2.24) is 9.80 Å². The van der Waals surface area contributed by atoms with Crippen LogP contribution in [0.3, 0.4) is 0 Å². The van der Waals surface area contributed by atoms with Crippen LogP contribution >= 0.6 is 0 Å². The third-order valence-electron chi connectivity index (χ3n) is 4.37. The molecule has 0 radical (unpaired) electrons. The van der Waals surface area contributed by atoms with Crippen molar-refractivity contribution in [2.45, 2.75) is 84.0 Å². The van der Waals surface area contributed by atoms with Crippen LogP contribution in [0.15, 0.2) is 0 Å². The van der Waals surface area contributed by atoms with Crippen LogP contribution < -0.4 is 0 Å². The van der Waals surface area contributed by atoms with E-state index < -0.39 is 0 Å². The van der Waals surface area contributed by atoms with Crippen molar-refractivity contribution >= 4 is 5.91 Å². The Morgan fingerprint density at radius 3 is 1.96 bits per heavy atom. The van der Waals surface area contributed by atoms with E-state index in [0.29, 0.717) is 19.4 Å². The van der Waals surface area contributed by atoms with Crippen LogP contribution in [0, 0.1) is 11.3 Å². The number of rotatable bonds is 16. The summed E-state index contributed by atoms with van der Waals surface area (Å²) in [7, 11) is 4.09. The van der Waals surface area contributed by atoms with E-state index in [1.807, 2.05) is 19.0 Å². The molecule has 0 aromatic carbocycles. The molecule has 0 bridgehead atoms. The van der Waals surface area contributed by atoms with Crippen LogP contribution in [0.5, 0.6) is 0 Å². The minimum absolute atomic E-state index is 0.229. The number of carbonyl (C=O) groups excluding carboxylic acids is 1. The molecule has 0 aliphatic heterocycles. The largest absolute Gasteiger partial charge is 0.342 e. The van der Waals surface area contributed by atoms with E-state index in [4.69, 9.17) is 5.26 Å². The normalized spacial score (nSPS) is 10.8. The maximum atomic E-state index is 12.3. The molecule has 0 fully saturated rings. The molecule has 0 heterocycles. The van der Waals surface area contributed by atoms with E-state index in [-0.39, 0.29) is 5.91 Å². The minimum atomic E-state index is 0.229. The van der Waals surface area contributed by atoms with Crippen LogP contribution in [0.1, 0.15) is 84.0 Å². The van der Waals surface area contributed by atoms with Crippen LogP contribution in [-0.4, -0.2) is 49.4 Å². The third kappa shape index (κ3) is 14.5. The zero-order valence-corrected chi connectivity index (χ0v) is 16.4. The molecule has 0 aromatic heterocycles. The van der Waals surface area contributed by atoms with E-state index >= 15 is 0 Å². The second kappa shape index (κ2) is 16.8. The lowest BCUT2D eigenvalue weighted by Crippen LogP contribution is -2.34. The van der Waals surface area contributed by atoms with Crippen molar-refractivity contribution in [2.75, 3.05) is 33.7 Å². The fraction of sp³-hybridized carbons (Fsp3) is 0.900. The average molecular weight is 338 g/mol. The van der Waals surface area contributed by atoms with Gasteiger partial charge in [0.1, 0.15) is 0 Å². The maximum absolute atomic E-state index is 12.3. The van der Waals surface area contributed by atoms with E-state index in [9.17, 15) is 4.79 Å². The molecule has 0 spiro atoms. The molecule has 0 aliphatic rings. The highest BCUT2D eigenvalue weighted by Crippen LogP contribution is 2.11. The van der Waals surface area contributed by atoms with Crippen molar-refractivity contribution in [1.29, 1.82) is 5.26 Å². The first-order valence-electron chi connectivity index (χ1n) is 9.91. The van der Waals surface area contributed by atoms with Gasteiger partial charge < -0.3 is 9.80 Å². The summed E-state index contributed by atoms with van der Waals surface area (Å²) in [6.07, 6.45) is 13.5. The van der Waals surface area contributed by atoms with E-state index in [2.05, 4.69) is 17.9 Å². The summed E-state index contributed by atoms with van der Waals surface area (Å²) in [5.74, 6) is 0.229. The Bertz CT molecular complexity index is 336. The summed E-state index contributed by atoms with van der Waals surface area (Å²) in [5.41, 5.74) is 0. The molecule has 0 aliphatic carbocycles. The number of amides is 1. The Labute approximate surface area is 150 Å². The number of nitrogens with zero attached hydrogens (tertiary/aromatic N) is 3. The summed E-state index contributed by atoms with van der Waals surface area (Å²) in [5, 5.41) is 8.76. The smallest absolute Gasteiger partial charge is 0.222 e. The lowest BCUT2D eigenvalue weighted by Gasteiger charge is -2.22.